The van der Waals surface area contributed by atoms with Crippen molar-refractivity contribution in [3.63, 3.8) is 0 Å². The highest BCUT2D eigenvalue weighted by atomic mass is 32.2. The molecule has 0 saturated carbocycles. The molecule has 1 rings (SSSR count). The first-order chi connectivity index (χ1) is 9.15. The van der Waals surface area contributed by atoms with Crippen LogP contribution in [0.4, 0.5) is 0 Å². The summed E-state index contributed by atoms with van der Waals surface area (Å²) in [5.41, 5.74) is 0. The predicted octanol–water partition coefficient (Wildman–Crippen LogP) is 3.43. The number of hydrogen-bond donors (Lipinski definition) is 0. The lowest BCUT2D eigenvalue weighted by molar-refractivity contribution is -0.130. The summed E-state index contributed by atoms with van der Waals surface area (Å²) >= 11 is 1.92. The highest BCUT2D eigenvalue weighted by Gasteiger charge is 2.22. The molecule has 3 nitrogen and oxygen atoms in total. The Bertz CT molecular complexity index is 222. The van der Waals surface area contributed by atoms with Crippen molar-refractivity contribution in [2.75, 3.05) is 37.8 Å². The van der Waals surface area contributed by atoms with E-state index in [0.29, 0.717) is 11.8 Å². The molecule has 114 valence electrons. The van der Waals surface area contributed by atoms with Crippen LogP contribution >= 0.6 is 11.8 Å². The highest BCUT2D eigenvalue weighted by Crippen LogP contribution is 2.16. The summed E-state index contributed by atoms with van der Waals surface area (Å²) in [5, 5.41) is 0. The van der Waals surface area contributed by atoms with Crippen LogP contribution in [0.25, 0.3) is 0 Å². The SMILES string of the molecule is CCOCC.CCSCCCC(=O)N1CC[C@@H](C)C1. The zero-order valence-electron chi connectivity index (χ0n) is 13.1. The first-order valence-corrected chi connectivity index (χ1v) is 8.74. The molecule has 0 aromatic carbocycles. The van der Waals surface area contributed by atoms with Gasteiger partial charge in [0.15, 0.2) is 0 Å². The minimum atomic E-state index is 0.367. The number of hydrogen-bond acceptors (Lipinski definition) is 3. The summed E-state index contributed by atoms with van der Waals surface area (Å²) < 4.78 is 4.83. The summed E-state index contributed by atoms with van der Waals surface area (Å²) in [5.74, 6) is 3.37. The van der Waals surface area contributed by atoms with E-state index in [0.717, 1.165) is 50.7 Å². The van der Waals surface area contributed by atoms with Crippen LogP contribution in [0.3, 0.4) is 0 Å². The number of thioether (sulfide) groups is 1. The second kappa shape index (κ2) is 12.8. The van der Waals surface area contributed by atoms with E-state index < -0.39 is 0 Å². The standard InChI is InChI=1S/C11H21NOS.C4H10O/c1-3-14-8-4-5-11(13)12-7-6-10(2)9-12;1-3-5-4-2/h10H,3-9H2,1-2H3;3-4H2,1-2H3/t10-;/m1./s1. The van der Waals surface area contributed by atoms with Gasteiger partial charge in [-0.3, -0.25) is 4.79 Å². The Balaban J connectivity index is 0.000000555. The fraction of sp³-hybridized carbons (Fsp3) is 0.933. The Morgan fingerprint density at radius 3 is 2.42 bits per heavy atom. The lowest BCUT2D eigenvalue weighted by Crippen LogP contribution is -2.28. The van der Waals surface area contributed by atoms with Crippen molar-refractivity contribution >= 4 is 17.7 Å². The van der Waals surface area contributed by atoms with Crippen molar-refractivity contribution in [3.8, 4) is 0 Å². The zero-order chi connectivity index (χ0) is 14.5. The second-order valence-electron chi connectivity index (χ2n) is 4.82. The molecule has 19 heavy (non-hydrogen) atoms. The fourth-order valence-electron chi connectivity index (χ4n) is 1.99. The summed E-state index contributed by atoms with van der Waals surface area (Å²) in [6.07, 6.45) is 2.98. The van der Waals surface area contributed by atoms with Gasteiger partial charge in [-0.1, -0.05) is 13.8 Å². The summed E-state index contributed by atoms with van der Waals surface area (Å²) in [4.78, 5) is 13.7. The predicted molar refractivity (Wildman–Crippen MR) is 84.8 cm³/mol. The van der Waals surface area contributed by atoms with Crippen molar-refractivity contribution in [2.45, 2.75) is 47.0 Å². The number of amides is 1. The first kappa shape index (κ1) is 18.8. The molecular weight excluding hydrogens is 258 g/mol. The number of ether oxygens (including phenoxy) is 1. The topological polar surface area (TPSA) is 29.5 Å². The van der Waals surface area contributed by atoms with Gasteiger partial charge in [-0.05, 0) is 44.1 Å². The molecule has 1 heterocycles. The third kappa shape index (κ3) is 10.3. The number of nitrogens with zero attached hydrogens (tertiary/aromatic N) is 1. The molecule has 0 N–H and O–H groups in total. The van der Waals surface area contributed by atoms with Crippen LogP contribution < -0.4 is 0 Å². The van der Waals surface area contributed by atoms with Crippen LogP contribution in [0, 0.1) is 5.92 Å². The van der Waals surface area contributed by atoms with Crippen molar-refractivity contribution in [1.82, 2.24) is 4.90 Å². The lowest BCUT2D eigenvalue weighted by atomic mass is 10.2. The van der Waals surface area contributed by atoms with E-state index in [4.69, 9.17) is 4.74 Å². The summed E-state index contributed by atoms with van der Waals surface area (Å²) in [7, 11) is 0. The fourth-order valence-corrected chi connectivity index (χ4v) is 2.63. The highest BCUT2D eigenvalue weighted by molar-refractivity contribution is 7.99. The van der Waals surface area contributed by atoms with E-state index in [1.54, 1.807) is 0 Å². The Morgan fingerprint density at radius 2 is 2.00 bits per heavy atom. The Morgan fingerprint density at radius 1 is 1.32 bits per heavy atom. The Kier molecular flexibility index (Phi) is 12.6. The molecular formula is C15H31NO2S. The van der Waals surface area contributed by atoms with Gasteiger partial charge in [0.25, 0.3) is 0 Å². The third-order valence-electron chi connectivity index (χ3n) is 3.07. The minimum absolute atomic E-state index is 0.367. The van der Waals surface area contributed by atoms with Crippen molar-refractivity contribution in [1.29, 1.82) is 0 Å². The van der Waals surface area contributed by atoms with Gasteiger partial charge >= 0.3 is 0 Å². The molecule has 0 aliphatic carbocycles. The van der Waals surface area contributed by atoms with Crippen LogP contribution in [-0.4, -0.2) is 48.6 Å². The quantitative estimate of drug-likeness (QED) is 0.673. The average molecular weight is 289 g/mol. The van der Waals surface area contributed by atoms with Crippen LogP contribution in [0.2, 0.25) is 0 Å². The Hall–Kier alpha value is -0.220. The average Bonchev–Trinajstić information content (AvgIpc) is 2.83. The molecule has 1 amide bonds. The van der Waals surface area contributed by atoms with Crippen LogP contribution in [-0.2, 0) is 9.53 Å². The lowest BCUT2D eigenvalue weighted by Gasteiger charge is -2.15. The van der Waals surface area contributed by atoms with Crippen molar-refractivity contribution in [2.24, 2.45) is 5.92 Å². The summed E-state index contributed by atoms with van der Waals surface area (Å²) in [6.45, 7) is 12.0. The molecule has 4 heteroatoms. The van der Waals surface area contributed by atoms with E-state index in [2.05, 4.69) is 13.8 Å². The van der Waals surface area contributed by atoms with Gasteiger partial charge < -0.3 is 9.64 Å². The summed E-state index contributed by atoms with van der Waals surface area (Å²) in [6, 6.07) is 0. The normalized spacial score (nSPS) is 18.1. The van der Waals surface area contributed by atoms with Crippen LogP contribution in [0.5, 0.6) is 0 Å². The van der Waals surface area contributed by atoms with Gasteiger partial charge in [0.2, 0.25) is 5.91 Å². The molecule has 0 spiro atoms. The number of carbonyl (C=O) groups is 1. The van der Waals surface area contributed by atoms with E-state index >= 15 is 0 Å². The number of carbonyl (C=O) groups excluding carboxylic acids is 1. The maximum atomic E-state index is 11.7. The molecule has 1 atom stereocenters. The van der Waals surface area contributed by atoms with Crippen LogP contribution in [0.1, 0.15) is 47.0 Å². The molecule has 0 unspecified atom stereocenters. The van der Waals surface area contributed by atoms with Gasteiger partial charge in [-0.2, -0.15) is 11.8 Å². The molecule has 0 bridgehead atoms. The maximum Gasteiger partial charge on any atom is 0.222 e. The molecule has 0 radical (unpaired) electrons. The van der Waals surface area contributed by atoms with E-state index in [1.807, 2.05) is 30.5 Å². The molecule has 1 aliphatic rings. The van der Waals surface area contributed by atoms with Gasteiger partial charge in [-0.15, -0.1) is 0 Å². The van der Waals surface area contributed by atoms with E-state index in [-0.39, 0.29) is 0 Å². The number of likely N-dealkylation sites (tertiary alicyclic amines) is 1. The second-order valence-corrected chi connectivity index (χ2v) is 6.21. The van der Waals surface area contributed by atoms with Crippen LogP contribution in [0.15, 0.2) is 0 Å². The smallest absolute Gasteiger partial charge is 0.222 e. The minimum Gasteiger partial charge on any atom is -0.382 e. The zero-order valence-corrected chi connectivity index (χ0v) is 13.9. The largest absolute Gasteiger partial charge is 0.382 e. The van der Waals surface area contributed by atoms with Gasteiger partial charge in [0.1, 0.15) is 0 Å². The molecule has 1 fully saturated rings. The molecule has 0 aromatic heterocycles. The van der Waals surface area contributed by atoms with Crippen molar-refractivity contribution in [3.05, 3.63) is 0 Å². The monoisotopic (exact) mass is 289 g/mol. The molecule has 1 saturated heterocycles. The molecule has 0 aromatic rings. The Labute approximate surface area is 123 Å². The van der Waals surface area contributed by atoms with Crippen molar-refractivity contribution < 1.29 is 9.53 Å². The third-order valence-corrected chi connectivity index (χ3v) is 4.05. The van der Waals surface area contributed by atoms with Gasteiger partial charge in [0.05, 0.1) is 0 Å². The van der Waals surface area contributed by atoms with Gasteiger partial charge in [-0.25, -0.2) is 0 Å². The van der Waals surface area contributed by atoms with Gasteiger partial charge in [0, 0.05) is 32.7 Å². The van der Waals surface area contributed by atoms with E-state index in [9.17, 15) is 4.79 Å². The maximum absolute atomic E-state index is 11.7. The first-order valence-electron chi connectivity index (χ1n) is 7.58. The van der Waals surface area contributed by atoms with E-state index in [1.165, 1.54) is 6.42 Å². The molecule has 1 aliphatic heterocycles. The number of rotatable bonds is 7.